The van der Waals surface area contributed by atoms with E-state index in [2.05, 4.69) is 35.2 Å². The van der Waals surface area contributed by atoms with Crippen LogP contribution >= 0.6 is 0 Å². The Morgan fingerprint density at radius 1 is 1.09 bits per heavy atom. The molecule has 7 nitrogen and oxygen atoms in total. The van der Waals surface area contributed by atoms with Gasteiger partial charge in [-0.3, -0.25) is 14.5 Å². The molecular weight excluding hydrogens is 404 g/mol. The Hall–Kier alpha value is -3.61. The van der Waals surface area contributed by atoms with Crippen molar-refractivity contribution in [3.8, 4) is 0 Å². The van der Waals surface area contributed by atoms with Crippen LogP contribution in [0.2, 0.25) is 0 Å². The summed E-state index contributed by atoms with van der Waals surface area (Å²) in [6.45, 7) is 5.53. The average Bonchev–Trinajstić information content (AvgIpc) is 3.27. The highest BCUT2D eigenvalue weighted by atomic mass is 16.2. The molecule has 1 aromatic heterocycles. The van der Waals surface area contributed by atoms with Gasteiger partial charge >= 0.3 is 6.03 Å². The molecule has 0 saturated carbocycles. The van der Waals surface area contributed by atoms with E-state index in [0.717, 1.165) is 28.7 Å². The summed E-state index contributed by atoms with van der Waals surface area (Å²) in [6.07, 6.45) is 2.46. The summed E-state index contributed by atoms with van der Waals surface area (Å²) in [5, 5.41) is 6.66. The van der Waals surface area contributed by atoms with Crippen molar-refractivity contribution in [2.24, 2.45) is 5.92 Å². The highest BCUT2D eigenvalue weighted by Crippen LogP contribution is 2.22. The molecule has 3 aromatic rings. The Balaban J connectivity index is 1.32. The Kier molecular flexibility index (Phi) is 6.25. The van der Waals surface area contributed by atoms with Gasteiger partial charge in [0.05, 0.1) is 6.54 Å². The van der Waals surface area contributed by atoms with Gasteiger partial charge < -0.3 is 15.2 Å². The second-order valence-corrected chi connectivity index (χ2v) is 8.63. The summed E-state index contributed by atoms with van der Waals surface area (Å²) in [7, 11) is 0. The molecule has 1 unspecified atom stereocenters. The SMILES string of the molecule is CC(C)Cn1ccc2cc(NC(=O)CCC3NC(=O)N(Cc4ccccc4)C3=O)ccc21. The van der Waals surface area contributed by atoms with Crippen LogP contribution in [-0.4, -0.2) is 33.4 Å². The van der Waals surface area contributed by atoms with Crippen LogP contribution in [0, 0.1) is 5.92 Å². The lowest BCUT2D eigenvalue weighted by Gasteiger charge is -2.13. The largest absolute Gasteiger partial charge is 0.347 e. The molecule has 0 radical (unpaired) electrons. The number of hydrogen-bond acceptors (Lipinski definition) is 3. The molecule has 1 atom stereocenters. The van der Waals surface area contributed by atoms with E-state index in [1.807, 2.05) is 54.6 Å². The molecule has 1 aliphatic heterocycles. The Morgan fingerprint density at radius 3 is 2.62 bits per heavy atom. The van der Waals surface area contributed by atoms with Gasteiger partial charge in [-0.05, 0) is 42.2 Å². The standard InChI is InChI=1S/C25H28N4O3/c1-17(2)15-28-13-12-19-14-20(8-10-22(19)28)26-23(30)11-9-21-24(31)29(25(32)27-21)16-18-6-4-3-5-7-18/h3-8,10,12-14,17,21H,9,11,15-16H2,1-2H3,(H,26,30)(H,27,32). The Labute approximate surface area is 187 Å². The molecule has 7 heteroatoms. The van der Waals surface area contributed by atoms with E-state index in [-0.39, 0.29) is 31.2 Å². The number of hydrogen-bond donors (Lipinski definition) is 2. The first-order valence-corrected chi connectivity index (χ1v) is 11.0. The highest BCUT2D eigenvalue weighted by Gasteiger charge is 2.37. The lowest BCUT2D eigenvalue weighted by molar-refractivity contribution is -0.128. The van der Waals surface area contributed by atoms with Crippen LogP contribution < -0.4 is 10.6 Å². The first kappa shape index (κ1) is 21.6. The number of nitrogens with zero attached hydrogens (tertiary/aromatic N) is 2. The third kappa shape index (κ3) is 4.82. The van der Waals surface area contributed by atoms with E-state index >= 15 is 0 Å². The van der Waals surface area contributed by atoms with Gasteiger partial charge in [0.1, 0.15) is 6.04 Å². The van der Waals surface area contributed by atoms with Gasteiger partial charge in [0.15, 0.2) is 0 Å². The number of imide groups is 1. The van der Waals surface area contributed by atoms with Crippen LogP contribution in [0.4, 0.5) is 10.5 Å². The van der Waals surface area contributed by atoms with Gasteiger partial charge in [-0.15, -0.1) is 0 Å². The first-order valence-electron chi connectivity index (χ1n) is 11.0. The fourth-order valence-corrected chi connectivity index (χ4v) is 4.02. The molecule has 4 amide bonds. The summed E-state index contributed by atoms with van der Waals surface area (Å²) < 4.78 is 2.21. The smallest absolute Gasteiger partial charge is 0.325 e. The predicted octanol–water partition coefficient (Wildman–Crippen LogP) is 4.14. The fraction of sp³-hybridized carbons (Fsp3) is 0.320. The molecule has 1 fully saturated rings. The van der Waals surface area contributed by atoms with Crippen LogP contribution in [0.5, 0.6) is 0 Å². The maximum Gasteiger partial charge on any atom is 0.325 e. The summed E-state index contributed by atoms with van der Waals surface area (Å²) in [5.74, 6) is 0.0708. The number of rotatable bonds is 8. The molecular formula is C25H28N4O3. The zero-order chi connectivity index (χ0) is 22.7. The van der Waals surface area contributed by atoms with Gasteiger partial charge in [0.2, 0.25) is 5.91 Å². The molecule has 2 aromatic carbocycles. The molecule has 4 rings (SSSR count). The molecule has 32 heavy (non-hydrogen) atoms. The molecule has 1 aliphatic rings. The third-order valence-electron chi connectivity index (χ3n) is 5.57. The number of aromatic nitrogens is 1. The number of amides is 4. The second kappa shape index (κ2) is 9.26. The van der Waals surface area contributed by atoms with E-state index in [0.29, 0.717) is 5.92 Å². The average molecular weight is 433 g/mol. The summed E-state index contributed by atoms with van der Waals surface area (Å²) in [6, 6.07) is 16.2. The minimum absolute atomic E-state index is 0.141. The molecule has 2 heterocycles. The number of anilines is 1. The van der Waals surface area contributed by atoms with E-state index < -0.39 is 12.1 Å². The number of urea groups is 1. The van der Waals surface area contributed by atoms with Crippen LogP contribution in [-0.2, 0) is 22.7 Å². The normalized spacial score (nSPS) is 16.1. The van der Waals surface area contributed by atoms with E-state index in [1.54, 1.807) is 0 Å². The van der Waals surface area contributed by atoms with Crippen LogP contribution in [0.3, 0.4) is 0 Å². The molecule has 166 valence electrons. The molecule has 0 aliphatic carbocycles. The number of fused-ring (bicyclic) bond motifs is 1. The maximum absolute atomic E-state index is 12.6. The number of nitrogens with one attached hydrogen (secondary N) is 2. The number of carbonyl (C=O) groups excluding carboxylic acids is 3. The second-order valence-electron chi connectivity index (χ2n) is 8.63. The van der Waals surface area contributed by atoms with Crippen molar-refractivity contribution in [1.82, 2.24) is 14.8 Å². The zero-order valence-electron chi connectivity index (χ0n) is 18.4. The summed E-state index contributed by atoms with van der Waals surface area (Å²) in [4.78, 5) is 38.5. The summed E-state index contributed by atoms with van der Waals surface area (Å²) >= 11 is 0. The quantitative estimate of drug-likeness (QED) is 0.525. The highest BCUT2D eigenvalue weighted by molar-refractivity contribution is 6.04. The number of benzene rings is 2. The molecule has 0 spiro atoms. The van der Waals surface area contributed by atoms with Crippen molar-refractivity contribution in [1.29, 1.82) is 0 Å². The first-order chi connectivity index (χ1) is 15.4. The fourth-order valence-electron chi connectivity index (χ4n) is 4.02. The van der Waals surface area contributed by atoms with Gasteiger partial charge in [-0.1, -0.05) is 44.2 Å². The van der Waals surface area contributed by atoms with Crippen molar-refractivity contribution in [3.63, 3.8) is 0 Å². The van der Waals surface area contributed by atoms with Gasteiger partial charge in [-0.2, -0.15) is 0 Å². The van der Waals surface area contributed by atoms with Crippen molar-refractivity contribution in [3.05, 3.63) is 66.4 Å². The molecule has 0 bridgehead atoms. The van der Waals surface area contributed by atoms with Crippen molar-refractivity contribution >= 4 is 34.4 Å². The van der Waals surface area contributed by atoms with E-state index in [1.165, 1.54) is 4.90 Å². The Morgan fingerprint density at radius 2 is 1.88 bits per heavy atom. The van der Waals surface area contributed by atoms with Gasteiger partial charge in [0.25, 0.3) is 5.91 Å². The van der Waals surface area contributed by atoms with E-state index in [4.69, 9.17) is 0 Å². The number of carbonyl (C=O) groups is 3. The third-order valence-corrected chi connectivity index (χ3v) is 5.57. The van der Waals surface area contributed by atoms with Gasteiger partial charge in [0, 0.05) is 35.8 Å². The molecule has 2 N–H and O–H groups in total. The van der Waals surface area contributed by atoms with Crippen molar-refractivity contribution in [2.45, 2.75) is 45.8 Å². The predicted molar refractivity (Wildman–Crippen MR) is 124 cm³/mol. The maximum atomic E-state index is 12.6. The topological polar surface area (TPSA) is 83.4 Å². The summed E-state index contributed by atoms with van der Waals surface area (Å²) in [5.41, 5.74) is 2.73. The van der Waals surface area contributed by atoms with Crippen LogP contribution in [0.15, 0.2) is 60.8 Å². The minimum Gasteiger partial charge on any atom is -0.347 e. The van der Waals surface area contributed by atoms with Crippen molar-refractivity contribution in [2.75, 3.05) is 5.32 Å². The monoisotopic (exact) mass is 432 g/mol. The Bertz CT molecular complexity index is 1140. The van der Waals surface area contributed by atoms with E-state index in [9.17, 15) is 14.4 Å². The van der Waals surface area contributed by atoms with Crippen LogP contribution in [0.25, 0.3) is 10.9 Å². The minimum atomic E-state index is -0.676. The van der Waals surface area contributed by atoms with Gasteiger partial charge in [-0.25, -0.2) is 4.79 Å². The lowest BCUT2D eigenvalue weighted by atomic mass is 10.1. The van der Waals surface area contributed by atoms with Crippen molar-refractivity contribution < 1.29 is 14.4 Å². The zero-order valence-corrected chi connectivity index (χ0v) is 18.4. The molecule has 1 saturated heterocycles. The lowest BCUT2D eigenvalue weighted by Crippen LogP contribution is -2.31. The van der Waals surface area contributed by atoms with Crippen LogP contribution in [0.1, 0.15) is 32.3 Å².